The van der Waals surface area contributed by atoms with E-state index in [9.17, 15) is 14.7 Å². The van der Waals surface area contributed by atoms with Crippen LogP contribution in [0.5, 0.6) is 5.75 Å². The van der Waals surface area contributed by atoms with Crippen molar-refractivity contribution < 1.29 is 19.4 Å². The van der Waals surface area contributed by atoms with Gasteiger partial charge < -0.3 is 15.2 Å². The fraction of sp³-hybridized carbons (Fsp3) is 0.333. The van der Waals surface area contributed by atoms with Crippen molar-refractivity contribution >= 4 is 35.1 Å². The minimum Gasteiger partial charge on any atom is -0.490 e. The first-order valence-corrected chi connectivity index (χ1v) is 9.92. The molecule has 3 rings (SSSR count). The molecule has 0 aliphatic heterocycles. The molecule has 0 heterocycles. The van der Waals surface area contributed by atoms with Gasteiger partial charge in [-0.3, -0.25) is 9.59 Å². The average Bonchev–Trinajstić information content (AvgIpc) is 3.16. The summed E-state index contributed by atoms with van der Waals surface area (Å²) in [6.45, 7) is 0. The second kappa shape index (κ2) is 9.30. The number of hydrogen-bond donors (Lipinski definition) is 2. The molecule has 2 aromatic carbocycles. The fourth-order valence-corrected chi connectivity index (χ4v) is 3.58. The van der Waals surface area contributed by atoms with Gasteiger partial charge in [0.2, 0.25) is 0 Å². The number of carbonyl (C=O) groups is 2. The van der Waals surface area contributed by atoms with Crippen LogP contribution >= 0.6 is 23.2 Å². The van der Waals surface area contributed by atoms with Gasteiger partial charge in [-0.05, 0) is 61.6 Å². The molecule has 1 atom stereocenters. The Hall–Kier alpha value is -2.24. The number of aliphatic carboxylic acids is 1. The topological polar surface area (TPSA) is 75.6 Å². The second-order valence-corrected chi connectivity index (χ2v) is 7.66. The first-order chi connectivity index (χ1) is 13.4. The third kappa shape index (κ3) is 5.40. The lowest BCUT2D eigenvalue weighted by molar-refractivity contribution is -0.137. The lowest BCUT2D eigenvalue weighted by Crippen LogP contribution is -2.30. The zero-order valence-corrected chi connectivity index (χ0v) is 16.7. The van der Waals surface area contributed by atoms with Crippen LogP contribution in [0.25, 0.3) is 0 Å². The fourth-order valence-electron chi connectivity index (χ4n) is 3.28. The number of benzene rings is 2. The Morgan fingerprint density at radius 3 is 2.36 bits per heavy atom. The predicted molar refractivity (Wildman–Crippen MR) is 108 cm³/mol. The van der Waals surface area contributed by atoms with Gasteiger partial charge in [0.1, 0.15) is 5.75 Å². The first kappa shape index (κ1) is 20.5. The summed E-state index contributed by atoms with van der Waals surface area (Å²) in [7, 11) is 0. The first-order valence-electron chi connectivity index (χ1n) is 9.16. The van der Waals surface area contributed by atoms with Gasteiger partial charge in [0.15, 0.2) is 0 Å². The Labute approximate surface area is 173 Å². The quantitative estimate of drug-likeness (QED) is 0.638. The Bertz CT molecular complexity index is 848. The molecule has 1 saturated carbocycles. The number of carboxylic acid groups (broad SMARTS) is 1. The van der Waals surface area contributed by atoms with E-state index in [0.29, 0.717) is 16.1 Å². The normalized spacial score (nSPS) is 15.2. The van der Waals surface area contributed by atoms with E-state index >= 15 is 0 Å². The van der Waals surface area contributed by atoms with Crippen LogP contribution in [0, 0.1) is 0 Å². The monoisotopic (exact) mass is 421 g/mol. The lowest BCUT2D eigenvalue weighted by Gasteiger charge is -2.19. The third-order valence-electron chi connectivity index (χ3n) is 4.75. The van der Waals surface area contributed by atoms with Crippen LogP contribution in [0.3, 0.4) is 0 Å². The summed E-state index contributed by atoms with van der Waals surface area (Å²) in [6, 6.07) is 11.0. The van der Waals surface area contributed by atoms with E-state index in [-0.39, 0.29) is 17.5 Å². The van der Waals surface area contributed by atoms with Crippen LogP contribution in [0.2, 0.25) is 10.0 Å². The summed E-state index contributed by atoms with van der Waals surface area (Å²) in [5.74, 6) is -0.678. The standard InChI is InChI=1S/C21H21Cl2NO4/c22-17-10-7-14(11-18(17)23)21(27)24-19(12-20(25)26)13-5-8-16(9-6-13)28-15-3-1-2-4-15/h5-11,15,19H,1-4,12H2,(H,24,27)(H,25,26). The Morgan fingerprint density at radius 2 is 1.75 bits per heavy atom. The number of hydrogen-bond acceptors (Lipinski definition) is 3. The summed E-state index contributed by atoms with van der Waals surface area (Å²) in [6.07, 6.45) is 4.49. The molecule has 28 heavy (non-hydrogen) atoms. The molecule has 0 aromatic heterocycles. The van der Waals surface area contributed by atoms with E-state index in [4.69, 9.17) is 27.9 Å². The Kier molecular flexibility index (Phi) is 6.81. The van der Waals surface area contributed by atoms with E-state index in [1.807, 2.05) is 12.1 Å². The van der Waals surface area contributed by atoms with E-state index < -0.39 is 17.9 Å². The molecule has 1 fully saturated rings. The van der Waals surface area contributed by atoms with Crippen LogP contribution in [-0.2, 0) is 4.79 Å². The number of carboxylic acids is 1. The molecule has 0 bridgehead atoms. The highest BCUT2D eigenvalue weighted by Gasteiger charge is 2.20. The summed E-state index contributed by atoms with van der Waals surface area (Å²) in [5, 5.41) is 12.6. The largest absolute Gasteiger partial charge is 0.490 e. The minimum absolute atomic E-state index is 0.240. The molecule has 2 N–H and O–H groups in total. The zero-order valence-electron chi connectivity index (χ0n) is 15.2. The van der Waals surface area contributed by atoms with Crippen LogP contribution in [0.4, 0.5) is 0 Å². The Balaban J connectivity index is 1.72. The highest BCUT2D eigenvalue weighted by atomic mass is 35.5. The maximum Gasteiger partial charge on any atom is 0.305 e. The number of rotatable bonds is 7. The van der Waals surface area contributed by atoms with Gasteiger partial charge in [0.25, 0.3) is 5.91 Å². The predicted octanol–water partition coefficient (Wildman–Crippen LogP) is 5.26. The molecule has 0 saturated heterocycles. The van der Waals surface area contributed by atoms with E-state index in [2.05, 4.69) is 5.32 Å². The van der Waals surface area contributed by atoms with Crippen LogP contribution in [0.15, 0.2) is 42.5 Å². The average molecular weight is 422 g/mol. The van der Waals surface area contributed by atoms with Crippen molar-refractivity contribution in [1.29, 1.82) is 0 Å². The summed E-state index contributed by atoms with van der Waals surface area (Å²) in [4.78, 5) is 23.8. The number of nitrogens with one attached hydrogen (secondary N) is 1. The van der Waals surface area contributed by atoms with Crippen molar-refractivity contribution in [1.82, 2.24) is 5.32 Å². The van der Waals surface area contributed by atoms with Crippen molar-refractivity contribution in [3.8, 4) is 5.75 Å². The zero-order chi connectivity index (χ0) is 20.1. The molecule has 0 spiro atoms. The van der Waals surface area contributed by atoms with Crippen molar-refractivity contribution in [2.75, 3.05) is 0 Å². The molecular weight excluding hydrogens is 401 g/mol. The van der Waals surface area contributed by atoms with Crippen LogP contribution < -0.4 is 10.1 Å². The van der Waals surface area contributed by atoms with Crippen molar-refractivity contribution in [2.24, 2.45) is 0 Å². The summed E-state index contributed by atoms with van der Waals surface area (Å²) >= 11 is 11.8. The number of halogens is 2. The number of amides is 1. The van der Waals surface area contributed by atoms with E-state index in [1.165, 1.54) is 25.0 Å². The van der Waals surface area contributed by atoms with Gasteiger partial charge in [-0.2, -0.15) is 0 Å². The highest BCUT2D eigenvalue weighted by Crippen LogP contribution is 2.27. The number of carbonyl (C=O) groups excluding carboxylic acids is 1. The Morgan fingerprint density at radius 1 is 1.07 bits per heavy atom. The summed E-state index contributed by atoms with van der Waals surface area (Å²) < 4.78 is 5.94. The SMILES string of the molecule is O=C(O)CC(NC(=O)c1ccc(Cl)c(Cl)c1)c1ccc(OC2CCCC2)cc1. The second-order valence-electron chi connectivity index (χ2n) is 6.85. The van der Waals surface area contributed by atoms with Crippen molar-refractivity contribution in [2.45, 2.75) is 44.2 Å². The van der Waals surface area contributed by atoms with Crippen molar-refractivity contribution in [3.63, 3.8) is 0 Å². The van der Waals surface area contributed by atoms with Crippen LogP contribution in [0.1, 0.15) is 54.1 Å². The van der Waals surface area contributed by atoms with E-state index in [1.54, 1.807) is 18.2 Å². The molecule has 148 valence electrons. The summed E-state index contributed by atoms with van der Waals surface area (Å²) in [5.41, 5.74) is 1.00. The maximum atomic E-state index is 12.5. The third-order valence-corrected chi connectivity index (χ3v) is 5.49. The molecule has 1 aliphatic carbocycles. The van der Waals surface area contributed by atoms with Gasteiger partial charge in [-0.15, -0.1) is 0 Å². The van der Waals surface area contributed by atoms with Crippen molar-refractivity contribution in [3.05, 3.63) is 63.6 Å². The molecule has 1 aliphatic rings. The molecule has 0 radical (unpaired) electrons. The molecule has 2 aromatic rings. The van der Waals surface area contributed by atoms with E-state index in [0.717, 1.165) is 18.6 Å². The number of ether oxygens (including phenoxy) is 1. The highest BCUT2D eigenvalue weighted by molar-refractivity contribution is 6.42. The molecule has 1 unspecified atom stereocenters. The molecule has 7 heteroatoms. The minimum atomic E-state index is -1.01. The van der Waals surface area contributed by atoms with Gasteiger partial charge >= 0.3 is 5.97 Å². The van der Waals surface area contributed by atoms with Gasteiger partial charge in [0.05, 0.1) is 28.6 Å². The van der Waals surface area contributed by atoms with Crippen LogP contribution in [-0.4, -0.2) is 23.1 Å². The van der Waals surface area contributed by atoms with Gasteiger partial charge in [-0.25, -0.2) is 0 Å². The van der Waals surface area contributed by atoms with Gasteiger partial charge in [-0.1, -0.05) is 35.3 Å². The molecular formula is C21H21Cl2NO4. The van der Waals surface area contributed by atoms with Gasteiger partial charge in [0, 0.05) is 5.56 Å². The smallest absolute Gasteiger partial charge is 0.305 e. The maximum absolute atomic E-state index is 12.5. The lowest BCUT2D eigenvalue weighted by atomic mass is 10.0. The molecule has 5 nitrogen and oxygen atoms in total. The molecule has 1 amide bonds.